The average Bonchev–Trinajstić information content (AvgIpc) is 3.01. The van der Waals surface area contributed by atoms with E-state index in [-0.39, 0.29) is 65.4 Å². The summed E-state index contributed by atoms with van der Waals surface area (Å²) in [4.78, 5) is 0. The summed E-state index contributed by atoms with van der Waals surface area (Å²) in [7, 11) is 0. The van der Waals surface area contributed by atoms with E-state index in [1.165, 1.54) is 38.2 Å². The van der Waals surface area contributed by atoms with Crippen LogP contribution in [0.4, 0.5) is 0 Å². The fourth-order valence-electron chi connectivity index (χ4n) is 5.40. The van der Waals surface area contributed by atoms with Gasteiger partial charge in [-0.3, -0.25) is 0 Å². The third kappa shape index (κ3) is 5.44. The van der Waals surface area contributed by atoms with Crippen molar-refractivity contribution in [3.8, 4) is 44.5 Å². The number of hydrogen-bond acceptors (Lipinski definition) is 0. The molecule has 0 saturated heterocycles. The van der Waals surface area contributed by atoms with Crippen LogP contribution in [0.3, 0.4) is 0 Å². The standard InChI is InChI=1S/C38H22.2Y/c1-3-13-27(14-4-1)29-17-11-19-31(25-29)37-33-21-7-9-23-35(33)38(36-24-10-8-22-34(36)37)32-20-12-18-30(26-32)28-15-5-2-6-16-28;;/h1-13,15,17,19-24,26H;;/q-4;;. The Morgan fingerprint density at radius 1 is 0.350 bits per heavy atom. The Bertz CT molecular complexity index is 1710. The summed E-state index contributed by atoms with van der Waals surface area (Å²) >= 11 is 0. The molecule has 0 aliphatic heterocycles. The molecule has 0 saturated carbocycles. The van der Waals surface area contributed by atoms with Gasteiger partial charge in [-0.1, -0.05) is 54.1 Å². The van der Waals surface area contributed by atoms with Gasteiger partial charge in [0.1, 0.15) is 0 Å². The molecule has 0 nitrogen and oxygen atoms in total. The molecule has 0 bridgehead atoms. The zero-order valence-electron chi connectivity index (χ0n) is 21.9. The zero-order chi connectivity index (χ0) is 25.3. The Kier molecular flexibility index (Phi) is 9.24. The molecule has 0 atom stereocenters. The van der Waals surface area contributed by atoms with Crippen molar-refractivity contribution in [1.82, 2.24) is 0 Å². The number of rotatable bonds is 4. The maximum atomic E-state index is 3.71. The van der Waals surface area contributed by atoms with Gasteiger partial charge in [0, 0.05) is 65.4 Å². The van der Waals surface area contributed by atoms with Crippen molar-refractivity contribution in [2.45, 2.75) is 0 Å². The number of benzene rings is 7. The van der Waals surface area contributed by atoms with Crippen molar-refractivity contribution in [3.05, 3.63) is 158 Å². The minimum atomic E-state index is 0. The average molecular weight is 656 g/mol. The van der Waals surface area contributed by atoms with E-state index in [9.17, 15) is 0 Å². The molecule has 0 spiro atoms. The Balaban J connectivity index is 0.00000161. The van der Waals surface area contributed by atoms with Gasteiger partial charge in [0.25, 0.3) is 0 Å². The van der Waals surface area contributed by atoms with E-state index in [2.05, 4.69) is 115 Å². The molecule has 0 heterocycles. The van der Waals surface area contributed by atoms with Crippen LogP contribution in [0.15, 0.2) is 133 Å². The van der Waals surface area contributed by atoms with Crippen molar-refractivity contribution < 1.29 is 65.4 Å². The molecule has 0 aliphatic rings. The molecule has 0 aromatic heterocycles. The molecular weight excluding hydrogens is 634 g/mol. The normalized spacial score (nSPS) is 10.6. The minimum Gasteiger partial charge on any atom is -0.226 e. The SMILES string of the molecule is [Y].[Y].[c-]1ccccc1-c1[c-]c(-c2c3ccccc3c(-c3cc[c-]c(-c4[c-]cccc4)c3)c3ccccc23)ccc1. The molecular formula is C38H22Y2-4. The van der Waals surface area contributed by atoms with Gasteiger partial charge >= 0.3 is 0 Å². The van der Waals surface area contributed by atoms with Crippen LogP contribution in [0.1, 0.15) is 0 Å². The van der Waals surface area contributed by atoms with Crippen molar-refractivity contribution in [1.29, 1.82) is 0 Å². The Morgan fingerprint density at radius 2 is 0.825 bits per heavy atom. The number of fused-ring (bicyclic) bond motifs is 2. The molecule has 0 unspecified atom stereocenters. The summed E-state index contributed by atoms with van der Waals surface area (Å²) in [6.07, 6.45) is 0. The van der Waals surface area contributed by atoms with E-state index in [0.29, 0.717) is 0 Å². The third-order valence-corrected chi connectivity index (χ3v) is 7.08. The molecule has 184 valence electrons. The first-order chi connectivity index (χ1) is 18.9. The molecule has 7 aromatic carbocycles. The second-order valence-electron chi connectivity index (χ2n) is 9.36. The van der Waals surface area contributed by atoms with Gasteiger partial charge in [0.2, 0.25) is 0 Å². The van der Waals surface area contributed by atoms with Gasteiger partial charge in [-0.15, -0.1) is 41.5 Å². The molecule has 0 aliphatic carbocycles. The van der Waals surface area contributed by atoms with E-state index >= 15 is 0 Å². The topological polar surface area (TPSA) is 0 Å². The van der Waals surface area contributed by atoms with Crippen LogP contribution in [-0.2, 0) is 65.4 Å². The van der Waals surface area contributed by atoms with Gasteiger partial charge in [-0.2, -0.15) is 84.4 Å². The first-order valence-electron chi connectivity index (χ1n) is 12.8. The fourth-order valence-corrected chi connectivity index (χ4v) is 5.40. The van der Waals surface area contributed by atoms with Crippen molar-refractivity contribution >= 4 is 21.5 Å². The van der Waals surface area contributed by atoms with Gasteiger partial charge in [-0.25, -0.2) is 16.7 Å². The predicted octanol–water partition coefficient (Wildman–Crippen LogP) is 9.86. The zero-order valence-corrected chi connectivity index (χ0v) is 27.5. The van der Waals surface area contributed by atoms with Crippen LogP contribution in [0.25, 0.3) is 66.1 Å². The first-order valence-corrected chi connectivity index (χ1v) is 12.8. The molecule has 2 radical (unpaired) electrons. The molecule has 0 fully saturated rings. The number of hydrogen-bond donors (Lipinski definition) is 0. The van der Waals surface area contributed by atoms with Gasteiger partial charge in [0.05, 0.1) is 0 Å². The van der Waals surface area contributed by atoms with E-state index in [4.69, 9.17) is 0 Å². The second-order valence-corrected chi connectivity index (χ2v) is 9.36. The summed E-state index contributed by atoms with van der Waals surface area (Å²) in [6, 6.07) is 60.3. The van der Waals surface area contributed by atoms with E-state index in [1.807, 2.05) is 42.5 Å². The largest absolute Gasteiger partial charge is 0.226 e. The van der Waals surface area contributed by atoms with Crippen LogP contribution < -0.4 is 0 Å². The molecule has 0 amide bonds. The maximum Gasteiger partial charge on any atom is 0 e. The van der Waals surface area contributed by atoms with Crippen molar-refractivity contribution in [2.75, 3.05) is 0 Å². The third-order valence-electron chi connectivity index (χ3n) is 7.08. The van der Waals surface area contributed by atoms with E-state index in [0.717, 1.165) is 27.8 Å². The molecule has 7 rings (SSSR count). The quantitative estimate of drug-likeness (QED) is 0.131. The van der Waals surface area contributed by atoms with Gasteiger partial charge < -0.3 is 0 Å². The Labute approximate surface area is 286 Å². The first kappa shape index (κ1) is 28.8. The Morgan fingerprint density at radius 3 is 1.40 bits per heavy atom. The summed E-state index contributed by atoms with van der Waals surface area (Å²) in [5.41, 5.74) is 8.87. The summed E-state index contributed by atoms with van der Waals surface area (Å²) < 4.78 is 0. The summed E-state index contributed by atoms with van der Waals surface area (Å²) in [5.74, 6) is 0. The molecule has 40 heavy (non-hydrogen) atoms. The summed E-state index contributed by atoms with van der Waals surface area (Å²) in [6.45, 7) is 0. The fraction of sp³-hybridized carbons (Fsp3) is 0. The predicted molar refractivity (Wildman–Crippen MR) is 159 cm³/mol. The van der Waals surface area contributed by atoms with E-state index < -0.39 is 0 Å². The van der Waals surface area contributed by atoms with Gasteiger partial charge in [-0.05, 0) is 27.1 Å². The molecule has 7 aromatic rings. The van der Waals surface area contributed by atoms with Crippen LogP contribution in [0, 0.1) is 24.3 Å². The summed E-state index contributed by atoms with van der Waals surface area (Å²) in [5, 5.41) is 4.88. The van der Waals surface area contributed by atoms with Crippen LogP contribution in [-0.4, -0.2) is 0 Å². The Hall–Kier alpha value is -2.73. The minimum absolute atomic E-state index is 0. The molecule has 2 heteroatoms. The smallest absolute Gasteiger partial charge is 0 e. The van der Waals surface area contributed by atoms with Gasteiger partial charge in [0.15, 0.2) is 0 Å². The van der Waals surface area contributed by atoms with Crippen LogP contribution in [0.5, 0.6) is 0 Å². The van der Waals surface area contributed by atoms with Crippen LogP contribution >= 0.6 is 0 Å². The van der Waals surface area contributed by atoms with Crippen LogP contribution in [0.2, 0.25) is 0 Å². The van der Waals surface area contributed by atoms with Crippen molar-refractivity contribution in [3.63, 3.8) is 0 Å². The maximum absolute atomic E-state index is 3.71. The molecule has 0 N–H and O–H groups in total. The van der Waals surface area contributed by atoms with Crippen molar-refractivity contribution in [2.24, 2.45) is 0 Å². The monoisotopic (exact) mass is 656 g/mol. The van der Waals surface area contributed by atoms with E-state index in [1.54, 1.807) is 0 Å². The second kappa shape index (κ2) is 12.8.